The first-order valence-electron chi connectivity index (χ1n) is 7.70. The van der Waals surface area contributed by atoms with E-state index in [4.69, 9.17) is 5.21 Å². The minimum atomic E-state index is -0.193. The number of hydroxylamine groups is 1. The Morgan fingerprint density at radius 1 is 0.889 bits per heavy atom. The quantitative estimate of drug-likeness (QED) is 0.308. The summed E-state index contributed by atoms with van der Waals surface area (Å²) in [5.74, 6) is -0.185. The number of nitrogens with one attached hydrogen (secondary N) is 1. The lowest BCUT2D eigenvalue weighted by Crippen LogP contribution is -2.27. The van der Waals surface area contributed by atoms with Crippen molar-refractivity contribution in [3.05, 3.63) is 0 Å². The van der Waals surface area contributed by atoms with Gasteiger partial charge in [-0.25, -0.2) is 5.48 Å². The number of unbranched alkanes of at least 4 members (excludes halogenated alkanes) is 7. The summed E-state index contributed by atoms with van der Waals surface area (Å²) < 4.78 is 0. The zero-order chi connectivity index (χ0) is 13.6. The lowest BCUT2D eigenvalue weighted by molar-refractivity contribution is -0.133. The van der Waals surface area contributed by atoms with E-state index < -0.39 is 0 Å². The molecular weight excluding hydrogens is 226 g/mol. The van der Waals surface area contributed by atoms with Gasteiger partial charge in [0, 0.05) is 5.92 Å². The van der Waals surface area contributed by atoms with Gasteiger partial charge in [-0.1, -0.05) is 71.6 Å². The molecule has 0 aromatic carbocycles. The lowest BCUT2D eigenvalue weighted by atomic mass is 9.94. The molecule has 3 nitrogen and oxygen atoms in total. The molecule has 0 spiro atoms. The highest BCUT2D eigenvalue weighted by Gasteiger charge is 2.16. The number of carbonyl (C=O) groups excluding carboxylic acids is 1. The second kappa shape index (κ2) is 12.9. The van der Waals surface area contributed by atoms with Gasteiger partial charge in [-0.15, -0.1) is 0 Å². The topological polar surface area (TPSA) is 49.3 Å². The van der Waals surface area contributed by atoms with Gasteiger partial charge in [-0.2, -0.15) is 0 Å². The van der Waals surface area contributed by atoms with Gasteiger partial charge in [-0.05, 0) is 12.8 Å². The third-order valence-electron chi connectivity index (χ3n) is 3.54. The molecule has 18 heavy (non-hydrogen) atoms. The van der Waals surface area contributed by atoms with Gasteiger partial charge in [0.1, 0.15) is 0 Å². The second-order valence-corrected chi connectivity index (χ2v) is 5.23. The maximum atomic E-state index is 11.5. The van der Waals surface area contributed by atoms with Crippen LogP contribution in [0.2, 0.25) is 0 Å². The number of hydrogen-bond donors (Lipinski definition) is 2. The van der Waals surface area contributed by atoms with Crippen LogP contribution in [0.15, 0.2) is 0 Å². The van der Waals surface area contributed by atoms with Gasteiger partial charge >= 0.3 is 0 Å². The molecule has 108 valence electrons. The van der Waals surface area contributed by atoms with Crippen LogP contribution in [0.25, 0.3) is 0 Å². The van der Waals surface area contributed by atoms with Crippen LogP contribution in [0.1, 0.15) is 84.5 Å². The van der Waals surface area contributed by atoms with Crippen molar-refractivity contribution in [2.75, 3.05) is 0 Å². The highest BCUT2D eigenvalue weighted by atomic mass is 16.5. The van der Waals surface area contributed by atoms with Crippen LogP contribution >= 0.6 is 0 Å². The summed E-state index contributed by atoms with van der Waals surface area (Å²) in [7, 11) is 0. The summed E-state index contributed by atoms with van der Waals surface area (Å²) in [5.41, 5.74) is 1.82. The monoisotopic (exact) mass is 257 g/mol. The summed E-state index contributed by atoms with van der Waals surface area (Å²) >= 11 is 0. The van der Waals surface area contributed by atoms with Crippen LogP contribution in [-0.2, 0) is 4.79 Å². The average molecular weight is 257 g/mol. The fraction of sp³-hybridized carbons (Fsp3) is 0.933. The van der Waals surface area contributed by atoms with Crippen LogP contribution in [0.3, 0.4) is 0 Å². The molecule has 0 aliphatic carbocycles. The molecule has 0 aromatic rings. The zero-order valence-electron chi connectivity index (χ0n) is 12.2. The molecule has 0 heterocycles. The number of rotatable bonds is 12. The lowest BCUT2D eigenvalue weighted by Gasteiger charge is -2.14. The first-order chi connectivity index (χ1) is 8.76. The van der Waals surface area contributed by atoms with E-state index in [0.29, 0.717) is 0 Å². The molecule has 0 saturated carbocycles. The van der Waals surface area contributed by atoms with E-state index in [1.54, 1.807) is 0 Å². The highest BCUT2D eigenvalue weighted by Crippen LogP contribution is 2.18. The first-order valence-corrected chi connectivity index (χ1v) is 7.70. The molecule has 1 amide bonds. The molecule has 1 atom stereocenters. The Hall–Kier alpha value is -0.570. The highest BCUT2D eigenvalue weighted by molar-refractivity contribution is 5.77. The fourth-order valence-electron chi connectivity index (χ4n) is 2.31. The zero-order valence-corrected chi connectivity index (χ0v) is 12.2. The van der Waals surface area contributed by atoms with E-state index >= 15 is 0 Å². The molecule has 1 unspecified atom stereocenters. The van der Waals surface area contributed by atoms with Gasteiger partial charge in [0.05, 0.1) is 0 Å². The van der Waals surface area contributed by atoms with Gasteiger partial charge in [-0.3, -0.25) is 10.0 Å². The summed E-state index contributed by atoms with van der Waals surface area (Å²) in [4.78, 5) is 11.5. The number of amides is 1. The SMILES string of the molecule is CCCCCCCC(CCCCCC)C(=O)NO. The molecule has 0 radical (unpaired) electrons. The number of hydrogen-bond acceptors (Lipinski definition) is 2. The Morgan fingerprint density at radius 3 is 1.78 bits per heavy atom. The Kier molecular flexibility index (Phi) is 12.5. The summed E-state index contributed by atoms with van der Waals surface area (Å²) in [6, 6.07) is 0. The van der Waals surface area contributed by atoms with Crippen molar-refractivity contribution in [2.45, 2.75) is 84.5 Å². The standard InChI is InChI=1S/C15H31NO2/c1-3-5-7-9-11-13-14(15(17)16-18)12-10-8-6-4-2/h14,18H,3-13H2,1-2H3,(H,16,17). The largest absolute Gasteiger partial charge is 0.289 e. The van der Waals surface area contributed by atoms with Gasteiger partial charge in [0.2, 0.25) is 5.91 Å². The van der Waals surface area contributed by atoms with E-state index in [0.717, 1.165) is 25.7 Å². The third kappa shape index (κ3) is 9.46. The molecule has 0 aromatic heterocycles. The van der Waals surface area contributed by atoms with Crippen LogP contribution in [0.4, 0.5) is 0 Å². The van der Waals surface area contributed by atoms with Crippen molar-refractivity contribution in [2.24, 2.45) is 5.92 Å². The smallest absolute Gasteiger partial charge is 0.246 e. The average Bonchev–Trinajstić information content (AvgIpc) is 2.40. The van der Waals surface area contributed by atoms with Crippen molar-refractivity contribution in [3.63, 3.8) is 0 Å². The van der Waals surface area contributed by atoms with Crippen LogP contribution < -0.4 is 5.48 Å². The molecule has 0 aliphatic heterocycles. The van der Waals surface area contributed by atoms with Gasteiger partial charge in [0.25, 0.3) is 0 Å². The van der Waals surface area contributed by atoms with Gasteiger partial charge in [0.15, 0.2) is 0 Å². The van der Waals surface area contributed by atoms with E-state index in [-0.39, 0.29) is 11.8 Å². The predicted molar refractivity (Wildman–Crippen MR) is 75.6 cm³/mol. The van der Waals surface area contributed by atoms with E-state index in [1.807, 2.05) is 5.48 Å². The second-order valence-electron chi connectivity index (χ2n) is 5.23. The summed E-state index contributed by atoms with van der Waals surface area (Å²) in [6.07, 6.45) is 12.7. The molecular formula is C15H31NO2. The first kappa shape index (κ1) is 17.4. The molecule has 0 saturated heterocycles. The normalized spacial score (nSPS) is 12.4. The van der Waals surface area contributed by atoms with Crippen LogP contribution in [0, 0.1) is 5.92 Å². The third-order valence-corrected chi connectivity index (χ3v) is 3.54. The molecule has 2 N–H and O–H groups in total. The Bertz CT molecular complexity index is 195. The minimum absolute atomic E-state index is 0.00785. The van der Waals surface area contributed by atoms with E-state index in [1.165, 1.54) is 44.9 Å². The predicted octanol–water partition coefficient (Wildman–Crippen LogP) is 4.44. The molecule has 0 bridgehead atoms. The van der Waals surface area contributed by atoms with Crippen molar-refractivity contribution in [1.82, 2.24) is 5.48 Å². The molecule has 0 fully saturated rings. The maximum absolute atomic E-state index is 11.5. The molecule has 0 aliphatic rings. The van der Waals surface area contributed by atoms with E-state index in [9.17, 15) is 4.79 Å². The Morgan fingerprint density at radius 2 is 1.33 bits per heavy atom. The van der Waals surface area contributed by atoms with Crippen molar-refractivity contribution in [3.8, 4) is 0 Å². The number of carbonyl (C=O) groups is 1. The van der Waals surface area contributed by atoms with Crippen molar-refractivity contribution < 1.29 is 10.0 Å². The maximum Gasteiger partial charge on any atom is 0.246 e. The fourth-order valence-corrected chi connectivity index (χ4v) is 2.31. The van der Waals surface area contributed by atoms with Crippen molar-refractivity contribution in [1.29, 1.82) is 0 Å². The van der Waals surface area contributed by atoms with Crippen LogP contribution in [0.5, 0.6) is 0 Å². The summed E-state index contributed by atoms with van der Waals surface area (Å²) in [5, 5.41) is 8.75. The van der Waals surface area contributed by atoms with Gasteiger partial charge < -0.3 is 0 Å². The Labute approximate surface area is 112 Å². The molecule has 3 heteroatoms. The Balaban J connectivity index is 3.74. The summed E-state index contributed by atoms with van der Waals surface area (Å²) in [6.45, 7) is 4.39. The van der Waals surface area contributed by atoms with Crippen molar-refractivity contribution >= 4 is 5.91 Å². The van der Waals surface area contributed by atoms with Crippen LogP contribution in [-0.4, -0.2) is 11.1 Å². The molecule has 0 rings (SSSR count). The minimum Gasteiger partial charge on any atom is -0.289 e. The van der Waals surface area contributed by atoms with E-state index in [2.05, 4.69) is 13.8 Å².